The number of hydrogen-bond acceptors (Lipinski definition) is 3. The number of benzene rings is 2. The van der Waals surface area contributed by atoms with Crippen molar-refractivity contribution in [2.45, 2.75) is 52.0 Å². The van der Waals surface area contributed by atoms with Gasteiger partial charge in [0.1, 0.15) is 5.75 Å². The molecule has 2 N–H and O–H groups in total. The Morgan fingerprint density at radius 3 is 2.29 bits per heavy atom. The van der Waals surface area contributed by atoms with E-state index >= 15 is 0 Å². The van der Waals surface area contributed by atoms with Crippen molar-refractivity contribution in [1.82, 2.24) is 5.32 Å². The van der Waals surface area contributed by atoms with Crippen LogP contribution in [0.25, 0.3) is 0 Å². The zero-order valence-corrected chi connectivity index (χ0v) is 17.2. The Hall–Kier alpha value is -2.33. The van der Waals surface area contributed by atoms with Crippen LogP contribution in [0.5, 0.6) is 5.75 Å². The summed E-state index contributed by atoms with van der Waals surface area (Å²) in [5, 5.41) is 12.8. The Kier molecular flexibility index (Phi) is 9.02. The summed E-state index contributed by atoms with van der Waals surface area (Å²) in [5.41, 5.74) is 1.86. The molecule has 2 aromatic rings. The summed E-state index contributed by atoms with van der Waals surface area (Å²) in [6, 6.07) is 16.9. The molecule has 0 saturated carbocycles. The van der Waals surface area contributed by atoms with Gasteiger partial charge in [0.05, 0.1) is 25.2 Å². The Morgan fingerprint density at radius 1 is 1.04 bits per heavy atom. The normalized spacial score (nSPS) is 14.1. The van der Waals surface area contributed by atoms with Crippen molar-refractivity contribution in [3.8, 4) is 5.75 Å². The summed E-state index contributed by atoms with van der Waals surface area (Å²) >= 11 is 0. The molecular formula is C24H33NO3. The third kappa shape index (κ3) is 6.38. The van der Waals surface area contributed by atoms with Gasteiger partial charge in [0.2, 0.25) is 5.91 Å². The van der Waals surface area contributed by atoms with Crippen LogP contribution in [0.3, 0.4) is 0 Å². The van der Waals surface area contributed by atoms with Gasteiger partial charge in [-0.25, -0.2) is 0 Å². The van der Waals surface area contributed by atoms with E-state index in [1.54, 1.807) is 0 Å². The quantitative estimate of drug-likeness (QED) is 0.583. The largest absolute Gasteiger partial charge is 0.493 e. The Bertz CT molecular complexity index is 700. The molecule has 0 fully saturated rings. The van der Waals surface area contributed by atoms with Crippen LogP contribution >= 0.6 is 0 Å². The van der Waals surface area contributed by atoms with E-state index in [2.05, 4.69) is 19.2 Å². The highest BCUT2D eigenvalue weighted by molar-refractivity contribution is 5.84. The third-order valence-corrected chi connectivity index (χ3v) is 5.02. The molecule has 2 rings (SSSR count). The zero-order valence-electron chi connectivity index (χ0n) is 17.2. The van der Waals surface area contributed by atoms with Crippen molar-refractivity contribution in [3.63, 3.8) is 0 Å². The summed E-state index contributed by atoms with van der Waals surface area (Å²) in [6.07, 6.45) is 3.01. The van der Waals surface area contributed by atoms with Gasteiger partial charge in [-0.15, -0.1) is 0 Å². The van der Waals surface area contributed by atoms with Crippen molar-refractivity contribution in [3.05, 3.63) is 65.7 Å². The minimum Gasteiger partial charge on any atom is -0.493 e. The van der Waals surface area contributed by atoms with Gasteiger partial charge in [0.25, 0.3) is 0 Å². The lowest BCUT2D eigenvalue weighted by Crippen LogP contribution is -2.34. The highest BCUT2D eigenvalue weighted by atomic mass is 16.5. The number of hydrogen-bond donors (Lipinski definition) is 2. The molecule has 0 radical (unpaired) electrons. The first-order chi connectivity index (χ1) is 13.6. The van der Waals surface area contributed by atoms with Crippen LogP contribution in [0.4, 0.5) is 0 Å². The summed E-state index contributed by atoms with van der Waals surface area (Å²) < 4.78 is 5.83. The van der Waals surface area contributed by atoms with Gasteiger partial charge in [-0.2, -0.15) is 0 Å². The maximum atomic E-state index is 12.8. The van der Waals surface area contributed by atoms with Crippen LogP contribution in [-0.2, 0) is 4.79 Å². The zero-order chi connectivity index (χ0) is 20.4. The molecule has 1 amide bonds. The van der Waals surface area contributed by atoms with Gasteiger partial charge < -0.3 is 15.2 Å². The molecule has 0 heterocycles. The molecule has 0 bridgehead atoms. The molecular weight excluding hydrogens is 350 g/mol. The lowest BCUT2D eigenvalue weighted by atomic mass is 9.95. The van der Waals surface area contributed by atoms with Crippen LogP contribution in [-0.4, -0.2) is 24.2 Å². The summed E-state index contributed by atoms with van der Waals surface area (Å²) in [5.74, 6) is 1.04. The first-order valence-corrected chi connectivity index (χ1v) is 10.3. The minimum absolute atomic E-state index is 0.0681. The number of carbonyl (C=O) groups excluding carboxylic acids is 1. The van der Waals surface area contributed by atoms with Crippen LogP contribution in [0.15, 0.2) is 54.6 Å². The van der Waals surface area contributed by atoms with Crippen molar-refractivity contribution in [1.29, 1.82) is 0 Å². The molecule has 4 heteroatoms. The molecule has 28 heavy (non-hydrogen) atoms. The first kappa shape index (κ1) is 22.0. The molecule has 0 spiro atoms. The average molecular weight is 384 g/mol. The minimum atomic E-state index is -0.432. The molecule has 3 atom stereocenters. The maximum absolute atomic E-state index is 12.8. The van der Waals surface area contributed by atoms with Gasteiger partial charge in [-0.3, -0.25) is 4.79 Å². The lowest BCUT2D eigenvalue weighted by molar-refractivity contribution is -0.123. The van der Waals surface area contributed by atoms with Crippen LogP contribution in [0.1, 0.15) is 63.1 Å². The van der Waals surface area contributed by atoms with Crippen LogP contribution < -0.4 is 10.1 Å². The molecule has 0 aliphatic carbocycles. The fourth-order valence-electron chi connectivity index (χ4n) is 3.38. The van der Waals surface area contributed by atoms with E-state index < -0.39 is 6.04 Å². The summed E-state index contributed by atoms with van der Waals surface area (Å²) in [4.78, 5) is 12.8. The third-order valence-electron chi connectivity index (χ3n) is 5.02. The Balaban J connectivity index is 1.99. The predicted molar refractivity (Wildman–Crippen MR) is 113 cm³/mol. The van der Waals surface area contributed by atoms with Crippen molar-refractivity contribution in [2.75, 3.05) is 13.2 Å². The lowest BCUT2D eigenvalue weighted by Gasteiger charge is -2.22. The SMILES string of the molecule is CCCC(C)COc1ccc(C(CO)NC(=O)C(CC)c2ccccc2)cc1. The van der Waals surface area contributed by atoms with Gasteiger partial charge in [0, 0.05) is 0 Å². The standard InChI is InChI=1S/C24H33NO3/c1-4-9-18(3)17-28-21-14-12-20(13-15-21)23(16-26)25-24(27)22(5-2)19-10-7-6-8-11-19/h6-8,10-15,18,22-23,26H,4-5,9,16-17H2,1-3H3,(H,25,27). The van der Waals surface area contributed by atoms with E-state index in [9.17, 15) is 9.90 Å². The van der Waals surface area contributed by atoms with E-state index in [1.807, 2.05) is 61.5 Å². The molecule has 3 unspecified atom stereocenters. The van der Waals surface area contributed by atoms with Crippen LogP contribution in [0.2, 0.25) is 0 Å². The second-order valence-electron chi connectivity index (χ2n) is 7.39. The summed E-state index contributed by atoms with van der Waals surface area (Å²) in [6.45, 7) is 6.91. The molecule has 0 aromatic heterocycles. The molecule has 152 valence electrons. The molecule has 0 aliphatic rings. The highest BCUT2D eigenvalue weighted by Gasteiger charge is 2.22. The summed E-state index contributed by atoms with van der Waals surface area (Å²) in [7, 11) is 0. The van der Waals surface area contributed by atoms with E-state index in [4.69, 9.17) is 4.74 Å². The monoisotopic (exact) mass is 383 g/mol. The van der Waals surface area contributed by atoms with Crippen molar-refractivity contribution >= 4 is 5.91 Å². The molecule has 0 aliphatic heterocycles. The van der Waals surface area contributed by atoms with Crippen molar-refractivity contribution < 1.29 is 14.6 Å². The highest BCUT2D eigenvalue weighted by Crippen LogP contribution is 2.23. The second-order valence-corrected chi connectivity index (χ2v) is 7.39. The smallest absolute Gasteiger partial charge is 0.228 e. The second kappa shape index (κ2) is 11.5. The number of amides is 1. The number of carbonyl (C=O) groups is 1. The number of aliphatic hydroxyl groups excluding tert-OH is 1. The maximum Gasteiger partial charge on any atom is 0.228 e. The van der Waals surface area contributed by atoms with E-state index in [-0.39, 0.29) is 18.4 Å². The fraction of sp³-hybridized carbons (Fsp3) is 0.458. The van der Waals surface area contributed by atoms with Crippen LogP contribution in [0, 0.1) is 5.92 Å². The average Bonchev–Trinajstić information content (AvgIpc) is 2.72. The van der Waals surface area contributed by atoms with Crippen molar-refractivity contribution in [2.24, 2.45) is 5.92 Å². The van der Waals surface area contributed by atoms with E-state index in [1.165, 1.54) is 0 Å². The van der Waals surface area contributed by atoms with Gasteiger partial charge in [-0.05, 0) is 42.0 Å². The molecule has 2 aromatic carbocycles. The predicted octanol–water partition coefficient (Wildman–Crippen LogP) is 4.85. The van der Waals surface area contributed by atoms with E-state index in [0.29, 0.717) is 18.9 Å². The van der Waals surface area contributed by atoms with Gasteiger partial charge in [-0.1, -0.05) is 69.7 Å². The van der Waals surface area contributed by atoms with E-state index in [0.717, 1.165) is 29.7 Å². The number of nitrogens with one attached hydrogen (secondary N) is 1. The number of rotatable bonds is 11. The number of aliphatic hydroxyl groups is 1. The van der Waals surface area contributed by atoms with Gasteiger partial charge in [0.15, 0.2) is 0 Å². The Labute approximate surface area is 168 Å². The number of ether oxygens (including phenoxy) is 1. The Morgan fingerprint density at radius 2 is 1.71 bits per heavy atom. The first-order valence-electron chi connectivity index (χ1n) is 10.3. The van der Waals surface area contributed by atoms with Gasteiger partial charge >= 0.3 is 0 Å². The molecule has 0 saturated heterocycles. The molecule has 4 nitrogen and oxygen atoms in total. The fourth-order valence-corrected chi connectivity index (χ4v) is 3.38. The topological polar surface area (TPSA) is 58.6 Å².